The van der Waals surface area contributed by atoms with Crippen molar-refractivity contribution in [3.05, 3.63) is 24.1 Å². The quantitative estimate of drug-likeness (QED) is 0.841. The van der Waals surface area contributed by atoms with Crippen LogP contribution in [0.15, 0.2) is 22.6 Å². The van der Waals surface area contributed by atoms with Gasteiger partial charge >= 0.3 is 0 Å². The molecule has 0 aliphatic heterocycles. The minimum absolute atomic E-state index is 0.419. The van der Waals surface area contributed by atoms with Gasteiger partial charge in [-0.2, -0.15) is 12.6 Å². The third-order valence-electron chi connectivity index (χ3n) is 2.43. The van der Waals surface area contributed by atoms with Crippen molar-refractivity contribution in [2.75, 3.05) is 20.0 Å². The summed E-state index contributed by atoms with van der Waals surface area (Å²) < 4.78 is 16.0. The number of methoxy groups -OCH3 is 2. The van der Waals surface area contributed by atoms with E-state index in [-0.39, 0.29) is 0 Å². The van der Waals surface area contributed by atoms with Gasteiger partial charge in [0.1, 0.15) is 11.5 Å². The average Bonchev–Trinajstić information content (AvgIpc) is 2.87. The normalized spacial score (nSPS) is 10.4. The molecule has 1 heterocycles. The second-order valence-electron chi connectivity index (χ2n) is 3.54. The Bertz CT molecular complexity index is 528. The Morgan fingerprint density at radius 3 is 2.72 bits per heavy atom. The first-order valence-electron chi connectivity index (χ1n) is 5.44. The van der Waals surface area contributed by atoms with Crippen LogP contribution in [0.3, 0.4) is 0 Å². The molecule has 0 saturated heterocycles. The number of hydrogen-bond donors (Lipinski definition) is 1. The molecule has 1 aromatic heterocycles. The number of nitrogens with zero attached hydrogens (tertiary/aromatic N) is 2. The number of rotatable bonds is 5. The summed E-state index contributed by atoms with van der Waals surface area (Å²) in [6, 6.07) is 5.42. The Labute approximate surface area is 111 Å². The molecule has 5 nitrogen and oxygen atoms in total. The lowest BCUT2D eigenvalue weighted by atomic mass is 10.2. The predicted octanol–water partition coefficient (Wildman–Crippen LogP) is 2.23. The van der Waals surface area contributed by atoms with E-state index in [2.05, 4.69) is 22.8 Å². The smallest absolute Gasteiger partial charge is 0.251 e. The van der Waals surface area contributed by atoms with Crippen molar-refractivity contribution in [1.82, 2.24) is 10.2 Å². The Balaban J connectivity index is 2.40. The zero-order valence-corrected chi connectivity index (χ0v) is 11.1. The van der Waals surface area contributed by atoms with Crippen molar-refractivity contribution >= 4 is 12.6 Å². The molecule has 0 unspecified atom stereocenters. The largest absolute Gasteiger partial charge is 0.497 e. The van der Waals surface area contributed by atoms with Gasteiger partial charge < -0.3 is 13.9 Å². The lowest BCUT2D eigenvalue weighted by molar-refractivity contribution is 0.402. The third-order valence-corrected chi connectivity index (χ3v) is 2.65. The van der Waals surface area contributed by atoms with E-state index in [1.54, 1.807) is 26.4 Å². The fourth-order valence-corrected chi connectivity index (χ4v) is 1.73. The molecule has 0 aliphatic rings. The highest BCUT2D eigenvalue weighted by molar-refractivity contribution is 7.80. The molecule has 0 atom stereocenters. The number of ether oxygens (including phenoxy) is 2. The van der Waals surface area contributed by atoms with Gasteiger partial charge in [0.15, 0.2) is 0 Å². The highest BCUT2D eigenvalue weighted by Gasteiger charge is 2.14. The lowest BCUT2D eigenvalue weighted by Crippen LogP contribution is -1.90. The van der Waals surface area contributed by atoms with E-state index in [9.17, 15) is 0 Å². The summed E-state index contributed by atoms with van der Waals surface area (Å²) in [7, 11) is 3.20. The van der Waals surface area contributed by atoms with Crippen LogP contribution < -0.4 is 9.47 Å². The van der Waals surface area contributed by atoms with Crippen LogP contribution in [0.2, 0.25) is 0 Å². The van der Waals surface area contributed by atoms with Gasteiger partial charge in [-0.1, -0.05) is 0 Å². The van der Waals surface area contributed by atoms with Crippen molar-refractivity contribution in [2.24, 2.45) is 0 Å². The molecule has 1 aromatic carbocycles. The van der Waals surface area contributed by atoms with E-state index in [1.165, 1.54) is 0 Å². The molecule has 96 valence electrons. The summed E-state index contributed by atoms with van der Waals surface area (Å²) >= 11 is 4.13. The molecule has 0 radical (unpaired) electrons. The minimum Gasteiger partial charge on any atom is -0.497 e. The Morgan fingerprint density at radius 2 is 2.06 bits per heavy atom. The summed E-state index contributed by atoms with van der Waals surface area (Å²) in [6.07, 6.45) is 0.641. The van der Waals surface area contributed by atoms with Gasteiger partial charge in [-0.05, 0) is 24.0 Å². The van der Waals surface area contributed by atoms with Gasteiger partial charge in [-0.25, -0.2) is 0 Å². The van der Waals surface area contributed by atoms with Crippen molar-refractivity contribution < 1.29 is 13.9 Å². The van der Waals surface area contributed by atoms with Crippen LogP contribution in [0.1, 0.15) is 5.89 Å². The highest BCUT2D eigenvalue weighted by atomic mass is 32.1. The van der Waals surface area contributed by atoms with E-state index in [1.807, 2.05) is 6.07 Å². The number of aryl methyl sites for hydroxylation is 1. The SMILES string of the molecule is COc1ccc(OC)c(-c2nnc(CCS)o2)c1. The van der Waals surface area contributed by atoms with Gasteiger partial charge in [0.05, 0.1) is 19.8 Å². The molecule has 2 aromatic rings. The van der Waals surface area contributed by atoms with Gasteiger partial charge in [0.2, 0.25) is 5.89 Å². The van der Waals surface area contributed by atoms with E-state index in [0.29, 0.717) is 35.5 Å². The van der Waals surface area contributed by atoms with Crippen molar-refractivity contribution in [3.63, 3.8) is 0 Å². The molecule has 0 N–H and O–H groups in total. The second kappa shape index (κ2) is 5.77. The van der Waals surface area contributed by atoms with Crippen LogP contribution in [0.4, 0.5) is 0 Å². The van der Waals surface area contributed by atoms with Crippen LogP contribution in [0.25, 0.3) is 11.5 Å². The molecule has 18 heavy (non-hydrogen) atoms. The lowest BCUT2D eigenvalue weighted by Gasteiger charge is -2.07. The number of thiol groups is 1. The zero-order valence-electron chi connectivity index (χ0n) is 10.2. The Hall–Kier alpha value is -1.69. The molecule has 0 amide bonds. The van der Waals surface area contributed by atoms with Crippen LogP contribution in [-0.2, 0) is 6.42 Å². The fraction of sp³-hybridized carbons (Fsp3) is 0.333. The molecule has 0 saturated carbocycles. The summed E-state index contributed by atoms with van der Waals surface area (Å²) in [4.78, 5) is 0. The number of benzene rings is 1. The summed E-state index contributed by atoms with van der Waals surface area (Å²) in [5, 5.41) is 7.95. The molecule has 0 aliphatic carbocycles. The first-order chi connectivity index (χ1) is 8.78. The van der Waals surface area contributed by atoms with Crippen molar-refractivity contribution in [2.45, 2.75) is 6.42 Å². The molecular formula is C12H14N2O3S. The van der Waals surface area contributed by atoms with Crippen LogP contribution >= 0.6 is 12.6 Å². The molecule has 2 rings (SSSR count). The minimum atomic E-state index is 0.419. The first-order valence-corrected chi connectivity index (χ1v) is 6.07. The maximum atomic E-state index is 5.55. The molecule has 6 heteroatoms. The second-order valence-corrected chi connectivity index (χ2v) is 3.99. The van der Waals surface area contributed by atoms with E-state index in [0.717, 1.165) is 5.56 Å². The number of aromatic nitrogens is 2. The van der Waals surface area contributed by atoms with E-state index >= 15 is 0 Å². The van der Waals surface area contributed by atoms with Gasteiger partial charge in [0.25, 0.3) is 5.89 Å². The van der Waals surface area contributed by atoms with E-state index < -0.39 is 0 Å². The molecular weight excluding hydrogens is 252 g/mol. The average molecular weight is 266 g/mol. The number of hydrogen-bond acceptors (Lipinski definition) is 6. The Kier molecular flexibility index (Phi) is 4.09. The maximum Gasteiger partial charge on any atom is 0.251 e. The van der Waals surface area contributed by atoms with Gasteiger partial charge in [-0.3, -0.25) is 0 Å². The predicted molar refractivity (Wildman–Crippen MR) is 70.4 cm³/mol. The monoisotopic (exact) mass is 266 g/mol. The summed E-state index contributed by atoms with van der Waals surface area (Å²) in [5.41, 5.74) is 0.717. The zero-order chi connectivity index (χ0) is 13.0. The van der Waals surface area contributed by atoms with Gasteiger partial charge in [0, 0.05) is 6.42 Å². The molecule has 0 bridgehead atoms. The van der Waals surface area contributed by atoms with Crippen molar-refractivity contribution in [3.8, 4) is 23.0 Å². The van der Waals surface area contributed by atoms with Crippen LogP contribution in [-0.4, -0.2) is 30.2 Å². The van der Waals surface area contributed by atoms with Crippen LogP contribution in [0.5, 0.6) is 11.5 Å². The highest BCUT2D eigenvalue weighted by Crippen LogP contribution is 2.32. The maximum absolute atomic E-state index is 5.55. The van der Waals surface area contributed by atoms with Crippen LogP contribution in [0, 0.1) is 0 Å². The standard InChI is InChI=1S/C12H14N2O3S/c1-15-8-3-4-10(16-2)9(7-8)12-14-13-11(17-12)5-6-18/h3-4,7,18H,5-6H2,1-2H3. The first kappa shape index (κ1) is 12.8. The Morgan fingerprint density at radius 1 is 1.22 bits per heavy atom. The summed E-state index contributed by atoms with van der Waals surface area (Å²) in [5.74, 6) is 3.01. The van der Waals surface area contributed by atoms with Crippen molar-refractivity contribution in [1.29, 1.82) is 0 Å². The third kappa shape index (κ3) is 2.59. The molecule has 0 fully saturated rings. The molecule has 0 spiro atoms. The topological polar surface area (TPSA) is 57.4 Å². The van der Waals surface area contributed by atoms with Gasteiger partial charge in [-0.15, -0.1) is 10.2 Å². The van der Waals surface area contributed by atoms with E-state index in [4.69, 9.17) is 13.9 Å². The fourth-order valence-electron chi connectivity index (χ4n) is 1.54. The summed E-state index contributed by atoms with van der Waals surface area (Å²) in [6.45, 7) is 0.